The predicted octanol–water partition coefficient (Wildman–Crippen LogP) is 3.18. The summed E-state index contributed by atoms with van der Waals surface area (Å²) >= 11 is 0. The molecule has 0 bridgehead atoms. The minimum absolute atomic E-state index is 0.117. The first-order valence-electron chi connectivity index (χ1n) is 10.8. The highest BCUT2D eigenvalue weighted by Gasteiger charge is 2.25. The maximum Gasteiger partial charge on any atom is 0.317 e. The number of urea groups is 1. The van der Waals surface area contributed by atoms with Gasteiger partial charge < -0.3 is 10.2 Å². The molecule has 2 saturated heterocycles. The number of carbonyl (C=O) groups excluding carboxylic acids is 1. The Labute approximate surface area is 174 Å². The van der Waals surface area contributed by atoms with E-state index in [4.69, 9.17) is 0 Å². The lowest BCUT2D eigenvalue weighted by molar-refractivity contribution is 0.127. The molecule has 2 aliphatic rings. The molecule has 0 aliphatic carbocycles. The Kier molecular flexibility index (Phi) is 6.80. The number of hydrogen-bond acceptors (Lipinski definition) is 3. The Hall–Kier alpha value is -2.37. The Morgan fingerprint density at radius 2 is 1.21 bits per heavy atom. The molecule has 29 heavy (non-hydrogen) atoms. The summed E-state index contributed by atoms with van der Waals surface area (Å²) in [5.41, 5.74) is 2.70. The molecule has 2 aromatic carbocycles. The van der Waals surface area contributed by atoms with E-state index in [0.29, 0.717) is 6.04 Å². The highest BCUT2D eigenvalue weighted by molar-refractivity contribution is 5.74. The van der Waals surface area contributed by atoms with Gasteiger partial charge in [-0.3, -0.25) is 9.80 Å². The number of piperazine rings is 1. The van der Waals surface area contributed by atoms with Crippen LogP contribution in [0.25, 0.3) is 0 Å². The highest BCUT2D eigenvalue weighted by Crippen LogP contribution is 2.15. The van der Waals surface area contributed by atoms with Crippen molar-refractivity contribution in [3.8, 4) is 0 Å². The van der Waals surface area contributed by atoms with Crippen LogP contribution in [0.1, 0.15) is 24.0 Å². The third-order valence-electron chi connectivity index (χ3n) is 6.07. The predicted molar refractivity (Wildman–Crippen MR) is 117 cm³/mol. The average molecular weight is 393 g/mol. The number of rotatable bonds is 5. The second-order valence-corrected chi connectivity index (χ2v) is 8.23. The quantitative estimate of drug-likeness (QED) is 0.849. The largest absolute Gasteiger partial charge is 0.335 e. The minimum Gasteiger partial charge on any atom is -0.335 e. The zero-order valence-corrected chi connectivity index (χ0v) is 17.2. The molecule has 2 heterocycles. The SMILES string of the molecule is O=C(NC1CCN(Cc2ccccc2)CC1)N1CCN(Cc2ccccc2)CC1. The van der Waals surface area contributed by atoms with E-state index in [9.17, 15) is 4.79 Å². The lowest BCUT2D eigenvalue weighted by Crippen LogP contribution is -2.54. The highest BCUT2D eigenvalue weighted by atomic mass is 16.2. The number of likely N-dealkylation sites (tertiary alicyclic amines) is 1. The van der Waals surface area contributed by atoms with Crippen LogP contribution in [-0.2, 0) is 13.1 Å². The molecule has 1 N–H and O–H groups in total. The van der Waals surface area contributed by atoms with Crippen LogP contribution in [-0.4, -0.2) is 66.0 Å². The maximum atomic E-state index is 12.7. The lowest BCUT2D eigenvalue weighted by atomic mass is 10.0. The van der Waals surface area contributed by atoms with Gasteiger partial charge in [0.25, 0.3) is 0 Å². The van der Waals surface area contributed by atoms with Crippen LogP contribution in [0.4, 0.5) is 4.79 Å². The first-order valence-corrected chi connectivity index (χ1v) is 10.8. The van der Waals surface area contributed by atoms with Crippen molar-refractivity contribution in [2.24, 2.45) is 0 Å². The van der Waals surface area contributed by atoms with Gasteiger partial charge in [0.15, 0.2) is 0 Å². The smallest absolute Gasteiger partial charge is 0.317 e. The van der Waals surface area contributed by atoms with E-state index in [2.05, 4.69) is 75.8 Å². The zero-order valence-electron chi connectivity index (χ0n) is 17.2. The fourth-order valence-electron chi connectivity index (χ4n) is 4.29. The molecule has 0 atom stereocenters. The van der Waals surface area contributed by atoms with Crippen LogP contribution in [0, 0.1) is 0 Å². The molecule has 0 spiro atoms. The third kappa shape index (κ3) is 5.81. The van der Waals surface area contributed by atoms with Gasteiger partial charge in [-0.1, -0.05) is 60.7 Å². The number of nitrogens with zero attached hydrogens (tertiary/aromatic N) is 3. The van der Waals surface area contributed by atoms with E-state index < -0.39 is 0 Å². The molecule has 154 valence electrons. The summed E-state index contributed by atoms with van der Waals surface area (Å²) in [6.45, 7) is 7.57. The second-order valence-electron chi connectivity index (χ2n) is 8.23. The normalized spacial score (nSPS) is 19.2. The fraction of sp³-hybridized carbons (Fsp3) is 0.458. The minimum atomic E-state index is 0.117. The van der Waals surface area contributed by atoms with Crippen molar-refractivity contribution in [2.75, 3.05) is 39.3 Å². The molecule has 5 heteroatoms. The third-order valence-corrected chi connectivity index (χ3v) is 6.07. The van der Waals surface area contributed by atoms with Crippen molar-refractivity contribution in [1.82, 2.24) is 20.0 Å². The van der Waals surface area contributed by atoms with Crippen molar-refractivity contribution >= 4 is 6.03 Å². The van der Waals surface area contributed by atoms with Gasteiger partial charge in [-0.15, -0.1) is 0 Å². The number of benzene rings is 2. The van der Waals surface area contributed by atoms with Gasteiger partial charge >= 0.3 is 6.03 Å². The van der Waals surface area contributed by atoms with E-state index in [1.54, 1.807) is 0 Å². The Morgan fingerprint density at radius 1 is 0.724 bits per heavy atom. The van der Waals surface area contributed by atoms with Gasteiger partial charge in [-0.05, 0) is 24.0 Å². The molecular weight excluding hydrogens is 360 g/mol. The van der Waals surface area contributed by atoms with Crippen molar-refractivity contribution in [3.05, 3.63) is 71.8 Å². The van der Waals surface area contributed by atoms with E-state index >= 15 is 0 Å². The number of nitrogens with one attached hydrogen (secondary N) is 1. The zero-order chi connectivity index (χ0) is 19.9. The Balaban J connectivity index is 1.16. The lowest BCUT2D eigenvalue weighted by Gasteiger charge is -2.37. The first kappa shape index (κ1) is 19.9. The number of piperidine rings is 1. The van der Waals surface area contributed by atoms with Gasteiger partial charge in [0.05, 0.1) is 0 Å². The van der Waals surface area contributed by atoms with E-state index in [0.717, 1.165) is 65.2 Å². The van der Waals surface area contributed by atoms with Crippen LogP contribution in [0.15, 0.2) is 60.7 Å². The average Bonchev–Trinajstić information content (AvgIpc) is 2.77. The number of carbonyl (C=O) groups is 1. The molecule has 2 aromatic rings. The Morgan fingerprint density at radius 3 is 1.72 bits per heavy atom. The second kappa shape index (κ2) is 9.90. The van der Waals surface area contributed by atoms with Crippen LogP contribution >= 0.6 is 0 Å². The molecule has 0 aromatic heterocycles. The summed E-state index contributed by atoms with van der Waals surface area (Å²) in [6, 6.07) is 21.6. The van der Waals surface area contributed by atoms with E-state index in [-0.39, 0.29) is 6.03 Å². The summed E-state index contributed by atoms with van der Waals surface area (Å²) < 4.78 is 0. The number of hydrogen-bond donors (Lipinski definition) is 1. The standard InChI is InChI=1S/C24H32N4O/c29-24(28-17-15-27(16-18-28)20-22-9-5-2-6-10-22)25-23-11-13-26(14-12-23)19-21-7-3-1-4-8-21/h1-10,23H,11-20H2,(H,25,29). The topological polar surface area (TPSA) is 38.8 Å². The van der Waals surface area contributed by atoms with Crippen LogP contribution in [0.5, 0.6) is 0 Å². The molecule has 5 nitrogen and oxygen atoms in total. The van der Waals surface area contributed by atoms with Gasteiger partial charge in [0, 0.05) is 58.4 Å². The van der Waals surface area contributed by atoms with E-state index in [1.807, 2.05) is 4.90 Å². The summed E-state index contributed by atoms with van der Waals surface area (Å²) in [5, 5.41) is 3.28. The van der Waals surface area contributed by atoms with Crippen LogP contribution in [0.2, 0.25) is 0 Å². The molecule has 4 rings (SSSR count). The molecule has 0 radical (unpaired) electrons. The summed E-state index contributed by atoms with van der Waals surface area (Å²) in [4.78, 5) is 19.6. The first-order chi connectivity index (χ1) is 14.3. The Bertz CT molecular complexity index is 751. The monoisotopic (exact) mass is 392 g/mol. The van der Waals surface area contributed by atoms with Crippen molar-refractivity contribution in [2.45, 2.75) is 32.0 Å². The molecule has 0 saturated carbocycles. The van der Waals surface area contributed by atoms with Gasteiger partial charge in [0.2, 0.25) is 0 Å². The van der Waals surface area contributed by atoms with Crippen molar-refractivity contribution in [3.63, 3.8) is 0 Å². The molecular formula is C24H32N4O. The van der Waals surface area contributed by atoms with E-state index in [1.165, 1.54) is 11.1 Å². The molecule has 2 amide bonds. The fourth-order valence-corrected chi connectivity index (χ4v) is 4.29. The summed E-state index contributed by atoms with van der Waals surface area (Å²) in [7, 11) is 0. The number of amides is 2. The van der Waals surface area contributed by atoms with Crippen molar-refractivity contribution in [1.29, 1.82) is 0 Å². The van der Waals surface area contributed by atoms with Gasteiger partial charge in [-0.2, -0.15) is 0 Å². The molecule has 2 fully saturated rings. The maximum absolute atomic E-state index is 12.7. The van der Waals surface area contributed by atoms with Crippen LogP contribution in [0.3, 0.4) is 0 Å². The molecule has 2 aliphatic heterocycles. The van der Waals surface area contributed by atoms with Gasteiger partial charge in [0.1, 0.15) is 0 Å². The van der Waals surface area contributed by atoms with Crippen molar-refractivity contribution < 1.29 is 4.79 Å². The summed E-state index contributed by atoms with van der Waals surface area (Å²) in [5.74, 6) is 0. The summed E-state index contributed by atoms with van der Waals surface area (Å²) in [6.07, 6.45) is 2.07. The van der Waals surface area contributed by atoms with Crippen LogP contribution < -0.4 is 5.32 Å². The molecule has 0 unspecified atom stereocenters. The van der Waals surface area contributed by atoms with Gasteiger partial charge in [-0.25, -0.2) is 4.79 Å².